The van der Waals surface area contributed by atoms with Crippen molar-refractivity contribution in [3.63, 3.8) is 0 Å². The number of nitrogens with zero attached hydrogens (tertiary/aromatic N) is 1. The van der Waals surface area contributed by atoms with Crippen LogP contribution in [0.25, 0.3) is 0 Å². The molecule has 6 N–H and O–H groups in total. The van der Waals surface area contributed by atoms with Crippen molar-refractivity contribution in [2.45, 2.75) is 79.3 Å². The number of hydrogen-bond donors (Lipinski definition) is 5. The third-order valence-electron chi connectivity index (χ3n) is 5.26. The van der Waals surface area contributed by atoms with Crippen molar-refractivity contribution in [1.82, 2.24) is 15.6 Å². The van der Waals surface area contributed by atoms with Gasteiger partial charge in [0.25, 0.3) is 0 Å². The molecule has 0 bridgehead atoms. The van der Waals surface area contributed by atoms with Crippen LogP contribution < -0.4 is 27.0 Å². The normalized spacial score (nSPS) is 13.3. The van der Waals surface area contributed by atoms with E-state index in [9.17, 15) is 14.4 Å². The molecule has 0 radical (unpaired) electrons. The van der Waals surface area contributed by atoms with Crippen LogP contribution in [0.4, 0.5) is 20.4 Å². The maximum Gasteiger partial charge on any atom is 0.412 e. The fourth-order valence-electron chi connectivity index (χ4n) is 3.46. The molecule has 38 heavy (non-hydrogen) atoms. The minimum atomic E-state index is -1.88. The van der Waals surface area contributed by atoms with Gasteiger partial charge in [-0.1, -0.05) is 32.9 Å². The van der Waals surface area contributed by atoms with Crippen LogP contribution >= 0.6 is 11.3 Å². The Morgan fingerprint density at radius 2 is 1.63 bits per heavy atom. The van der Waals surface area contributed by atoms with Crippen LogP contribution in [-0.4, -0.2) is 41.6 Å². The van der Waals surface area contributed by atoms with Crippen molar-refractivity contribution >= 4 is 40.2 Å². The number of hydrogen-bond acceptors (Lipinski definition) is 9. The average molecular weight is 549 g/mol. The van der Waals surface area contributed by atoms with E-state index < -0.39 is 29.1 Å². The number of ether oxygens (including phenoxy) is 2. The predicted molar refractivity (Wildman–Crippen MR) is 149 cm³/mol. The van der Waals surface area contributed by atoms with Crippen LogP contribution in [0.2, 0.25) is 0 Å². The summed E-state index contributed by atoms with van der Waals surface area (Å²) < 4.78 is 11.1. The molecule has 1 heterocycles. The van der Waals surface area contributed by atoms with Crippen molar-refractivity contribution in [3.05, 3.63) is 40.4 Å². The first-order valence-corrected chi connectivity index (χ1v) is 13.1. The summed E-state index contributed by atoms with van der Waals surface area (Å²) in [6.07, 6.45) is -0.455. The first kappa shape index (κ1) is 30.8. The lowest BCUT2D eigenvalue weighted by Gasteiger charge is -2.42. The highest BCUT2D eigenvalue weighted by atomic mass is 32.1. The molecule has 2 rings (SSSR count). The van der Waals surface area contributed by atoms with Crippen molar-refractivity contribution in [1.29, 1.82) is 0 Å². The number of aryl methyl sites for hydroxylation is 2. The van der Waals surface area contributed by atoms with E-state index in [1.165, 1.54) is 18.3 Å². The minimum absolute atomic E-state index is 0.157. The number of nitrogens with two attached hydrogens (primary N) is 1. The predicted octanol–water partition coefficient (Wildman–Crippen LogP) is 4.34. The maximum atomic E-state index is 12.7. The maximum absolute atomic E-state index is 12.7. The number of rotatable bonds is 10. The van der Waals surface area contributed by atoms with E-state index in [-0.39, 0.29) is 5.91 Å². The number of anilines is 2. The first-order chi connectivity index (χ1) is 17.5. The third kappa shape index (κ3) is 9.18. The van der Waals surface area contributed by atoms with E-state index in [2.05, 4.69) is 26.3 Å². The molecule has 0 aliphatic carbocycles. The number of carbonyl (C=O) groups is 3. The lowest BCUT2D eigenvalue weighted by molar-refractivity contribution is -0.202. The molecule has 0 aliphatic rings. The Morgan fingerprint density at radius 1 is 1.00 bits per heavy atom. The molecular formula is C26H40N6O5S. The molecule has 11 nitrogen and oxygen atoms in total. The summed E-state index contributed by atoms with van der Waals surface area (Å²) in [5.74, 6) is -2.03. The summed E-state index contributed by atoms with van der Waals surface area (Å²) in [6.45, 7) is 12.8. The van der Waals surface area contributed by atoms with Crippen LogP contribution in [0.1, 0.15) is 64.6 Å². The average Bonchev–Trinajstić information content (AvgIpc) is 3.11. The van der Waals surface area contributed by atoms with Crippen molar-refractivity contribution in [2.24, 2.45) is 11.1 Å². The van der Waals surface area contributed by atoms with E-state index in [1.807, 2.05) is 52.1 Å². The minimum Gasteiger partial charge on any atom is -0.387 e. The third-order valence-corrected chi connectivity index (χ3v) is 6.27. The largest absolute Gasteiger partial charge is 0.412 e. The van der Waals surface area contributed by atoms with Gasteiger partial charge in [-0.25, -0.2) is 14.6 Å². The van der Waals surface area contributed by atoms with Gasteiger partial charge in [-0.15, -0.1) is 11.3 Å². The molecule has 0 fully saturated rings. The Labute approximate surface area is 228 Å². The molecule has 0 saturated heterocycles. The van der Waals surface area contributed by atoms with Crippen LogP contribution in [0.3, 0.4) is 0 Å². The van der Waals surface area contributed by atoms with Crippen LogP contribution in [0.5, 0.6) is 0 Å². The van der Waals surface area contributed by atoms with E-state index >= 15 is 0 Å². The molecule has 1 atom stereocenters. The van der Waals surface area contributed by atoms with Crippen LogP contribution in [0, 0.1) is 5.41 Å². The van der Waals surface area contributed by atoms with Crippen LogP contribution in [0.15, 0.2) is 24.3 Å². The Morgan fingerprint density at radius 3 is 2.13 bits per heavy atom. The van der Waals surface area contributed by atoms with E-state index in [0.717, 1.165) is 16.1 Å². The second kappa shape index (κ2) is 12.4. The van der Waals surface area contributed by atoms with Crippen molar-refractivity contribution in [2.75, 3.05) is 17.7 Å². The highest BCUT2D eigenvalue weighted by molar-refractivity contribution is 7.15. The number of primary amides is 1. The lowest BCUT2D eigenvalue weighted by atomic mass is 9.90. The monoisotopic (exact) mass is 548 g/mol. The van der Waals surface area contributed by atoms with Gasteiger partial charge in [0.1, 0.15) is 0 Å². The van der Waals surface area contributed by atoms with Gasteiger partial charge in [0.2, 0.25) is 5.91 Å². The zero-order valence-electron chi connectivity index (χ0n) is 23.4. The van der Waals surface area contributed by atoms with E-state index in [1.54, 1.807) is 20.8 Å². The highest BCUT2D eigenvalue weighted by Gasteiger charge is 2.50. The van der Waals surface area contributed by atoms with Gasteiger partial charge in [0.05, 0.1) is 11.1 Å². The molecule has 0 saturated carbocycles. The number of aromatic nitrogens is 1. The summed E-state index contributed by atoms with van der Waals surface area (Å²) in [6, 6.07) is 7.47. The summed E-state index contributed by atoms with van der Waals surface area (Å²) in [5, 5.41) is 12.2. The molecule has 0 spiro atoms. The van der Waals surface area contributed by atoms with Gasteiger partial charge in [-0.05, 0) is 58.4 Å². The first-order valence-electron chi connectivity index (χ1n) is 12.3. The van der Waals surface area contributed by atoms with Gasteiger partial charge in [-0.3, -0.25) is 4.79 Å². The smallest absolute Gasteiger partial charge is 0.387 e. The summed E-state index contributed by atoms with van der Waals surface area (Å²) in [4.78, 5) is 41.6. The molecule has 3 amide bonds. The van der Waals surface area contributed by atoms with Crippen LogP contribution in [-0.2, 0) is 33.7 Å². The SMILES string of the molecule is CNCc1sc(NC(C)=O)nc1CCc1ccc(NC(OC(N)=O)(OC(=O)NC(C)(C)C)C(C)(C)C)cc1. The Balaban J connectivity index is 2.22. The van der Waals surface area contributed by atoms with Crippen molar-refractivity contribution in [3.8, 4) is 0 Å². The Bertz CT molecular complexity index is 1120. The van der Waals surface area contributed by atoms with E-state index in [4.69, 9.17) is 15.2 Å². The fraction of sp³-hybridized carbons (Fsp3) is 0.538. The molecule has 210 valence electrons. The summed E-state index contributed by atoms with van der Waals surface area (Å²) in [7, 11) is 1.86. The quantitative estimate of drug-likeness (QED) is 0.275. The molecule has 2 aromatic rings. The van der Waals surface area contributed by atoms with Gasteiger partial charge in [-0.2, -0.15) is 0 Å². The summed E-state index contributed by atoms with van der Waals surface area (Å²) >= 11 is 1.46. The zero-order chi connectivity index (χ0) is 28.7. The van der Waals surface area contributed by atoms with E-state index in [0.29, 0.717) is 30.2 Å². The van der Waals surface area contributed by atoms with Gasteiger partial charge in [0, 0.05) is 29.6 Å². The topological polar surface area (TPSA) is 157 Å². The number of amides is 3. The van der Waals surface area contributed by atoms with Gasteiger partial charge >= 0.3 is 18.1 Å². The molecule has 1 unspecified atom stereocenters. The Kier molecular flexibility index (Phi) is 10.1. The molecule has 1 aromatic heterocycles. The molecule has 0 aliphatic heterocycles. The number of thiazole rings is 1. The number of alkyl carbamates (subject to hydrolysis) is 1. The standard InChI is InChI=1S/C26H40N6O5S/c1-16(33)29-22-30-19(20(38-22)15-28-8)14-11-17-9-12-18(13-10-17)31-26(24(2,3)4,36-21(27)34)37-23(35)32-25(5,6)7/h9-10,12-13,28,31H,11,14-15H2,1-8H3,(H2,27,34)(H,32,35)(H,29,30,33). The molecular weight excluding hydrogens is 508 g/mol. The Hall–Kier alpha value is -3.38. The van der Waals surface area contributed by atoms with Gasteiger partial charge in [0.15, 0.2) is 5.13 Å². The zero-order valence-corrected chi connectivity index (χ0v) is 24.2. The second-order valence-corrected chi connectivity index (χ2v) is 12.1. The molecule has 1 aromatic carbocycles. The molecule has 12 heteroatoms. The second-order valence-electron chi connectivity index (χ2n) is 11.0. The highest BCUT2D eigenvalue weighted by Crippen LogP contribution is 2.36. The number of benzene rings is 1. The fourth-order valence-corrected chi connectivity index (χ4v) is 4.52. The van der Waals surface area contributed by atoms with Gasteiger partial charge < -0.3 is 36.5 Å². The lowest BCUT2D eigenvalue weighted by Crippen LogP contribution is -2.59. The number of carbonyl (C=O) groups excluding carboxylic acids is 3. The summed E-state index contributed by atoms with van der Waals surface area (Å²) in [5.41, 5.74) is 6.44. The number of nitrogens with one attached hydrogen (secondary N) is 4. The van der Waals surface area contributed by atoms with Crippen molar-refractivity contribution < 1.29 is 23.9 Å².